The fourth-order valence-corrected chi connectivity index (χ4v) is 4.19. The van der Waals surface area contributed by atoms with Crippen LogP contribution in [0.4, 0.5) is 5.69 Å². The second-order valence-corrected chi connectivity index (χ2v) is 8.13. The van der Waals surface area contributed by atoms with Crippen LogP contribution in [0.25, 0.3) is 22.2 Å². The lowest BCUT2D eigenvalue weighted by Crippen LogP contribution is -2.60. The smallest absolute Gasteiger partial charge is 0.255 e. The molecular formula is C24H23N5O2. The van der Waals surface area contributed by atoms with Crippen LogP contribution in [-0.4, -0.2) is 33.6 Å². The van der Waals surface area contributed by atoms with Gasteiger partial charge < -0.3 is 19.9 Å². The number of carbonyl (C=O) groups excluding carboxylic acids is 1. The van der Waals surface area contributed by atoms with E-state index in [2.05, 4.69) is 43.4 Å². The number of ether oxygens (including phenoxy) is 1. The van der Waals surface area contributed by atoms with Crippen molar-refractivity contribution >= 4 is 22.6 Å². The highest BCUT2D eigenvalue weighted by Gasteiger charge is 2.36. The minimum Gasteiger partial charge on any atom is -0.480 e. The zero-order valence-corrected chi connectivity index (χ0v) is 17.6. The summed E-state index contributed by atoms with van der Waals surface area (Å²) >= 11 is 0. The van der Waals surface area contributed by atoms with Crippen LogP contribution in [0.3, 0.4) is 0 Å². The largest absolute Gasteiger partial charge is 0.480 e. The highest BCUT2D eigenvalue weighted by Crippen LogP contribution is 2.39. The van der Waals surface area contributed by atoms with E-state index in [9.17, 15) is 4.79 Å². The zero-order valence-electron chi connectivity index (χ0n) is 17.6. The topological polar surface area (TPSA) is 83.1 Å². The number of rotatable bonds is 4. The maximum absolute atomic E-state index is 12.8. The number of amides is 1. The summed E-state index contributed by atoms with van der Waals surface area (Å²) < 4.78 is 5.47. The van der Waals surface area contributed by atoms with E-state index in [1.165, 1.54) is 11.9 Å². The fourth-order valence-electron chi connectivity index (χ4n) is 4.19. The van der Waals surface area contributed by atoms with Crippen LogP contribution in [0.2, 0.25) is 0 Å². The van der Waals surface area contributed by atoms with Gasteiger partial charge in [0.1, 0.15) is 17.6 Å². The number of fused-ring (bicyclic) bond motifs is 2. The predicted molar refractivity (Wildman–Crippen MR) is 120 cm³/mol. The van der Waals surface area contributed by atoms with Gasteiger partial charge in [-0.3, -0.25) is 4.79 Å². The first-order chi connectivity index (χ1) is 15.0. The molecule has 0 fully saturated rings. The Hall–Kier alpha value is -3.87. The quantitative estimate of drug-likeness (QED) is 0.526. The molecule has 0 radical (unpaired) electrons. The summed E-state index contributed by atoms with van der Waals surface area (Å²) in [5.74, 6) is 0.439. The van der Waals surface area contributed by atoms with Gasteiger partial charge in [0.25, 0.3) is 5.91 Å². The molecule has 0 saturated carbocycles. The van der Waals surface area contributed by atoms with Gasteiger partial charge in [-0.15, -0.1) is 0 Å². The first kappa shape index (κ1) is 19.1. The molecule has 1 aliphatic rings. The van der Waals surface area contributed by atoms with Crippen LogP contribution in [0.5, 0.6) is 5.88 Å². The van der Waals surface area contributed by atoms with E-state index in [0.717, 1.165) is 22.2 Å². The lowest BCUT2D eigenvalue weighted by molar-refractivity contribution is 0.0897. The highest BCUT2D eigenvalue weighted by atomic mass is 16.5. The molecule has 0 spiro atoms. The van der Waals surface area contributed by atoms with Crippen LogP contribution in [0, 0.1) is 0 Å². The van der Waals surface area contributed by atoms with E-state index >= 15 is 0 Å². The maximum Gasteiger partial charge on any atom is 0.255 e. The summed E-state index contributed by atoms with van der Waals surface area (Å²) in [5.41, 5.74) is 4.77. The van der Waals surface area contributed by atoms with Crippen LogP contribution in [-0.2, 0) is 6.54 Å². The molecule has 3 heterocycles. The minimum absolute atomic E-state index is 0.0734. The number of hydrogen-bond acceptors (Lipinski definition) is 5. The number of aromatic amines is 1. The normalized spacial score (nSPS) is 14.9. The van der Waals surface area contributed by atoms with Crippen molar-refractivity contribution in [3.63, 3.8) is 0 Å². The third kappa shape index (κ3) is 3.18. The van der Waals surface area contributed by atoms with Crippen LogP contribution < -0.4 is 15.0 Å². The molecule has 0 bridgehead atoms. The second-order valence-electron chi connectivity index (χ2n) is 8.13. The van der Waals surface area contributed by atoms with Crippen molar-refractivity contribution in [1.29, 1.82) is 0 Å². The Morgan fingerprint density at radius 1 is 1.06 bits per heavy atom. The monoisotopic (exact) mass is 413 g/mol. The predicted octanol–water partition coefficient (Wildman–Crippen LogP) is 4.12. The number of nitrogens with one attached hydrogen (secondary N) is 2. The van der Waals surface area contributed by atoms with Gasteiger partial charge in [0, 0.05) is 18.3 Å². The number of methoxy groups -OCH3 is 1. The molecule has 2 N–H and O–H groups in total. The molecular weight excluding hydrogens is 390 g/mol. The molecule has 0 aliphatic carbocycles. The average Bonchev–Trinajstić information content (AvgIpc) is 3.21. The Balaban J connectivity index is 1.66. The summed E-state index contributed by atoms with van der Waals surface area (Å²) in [6, 6.07) is 16.1. The first-order valence-corrected chi connectivity index (χ1v) is 10.1. The molecule has 156 valence electrons. The SMILES string of the molecule is COc1ncnc2[nH]cc(-c3ccc4c(c3)N(Cc3ccccc3)C(C)(C)NC4=O)c12. The van der Waals surface area contributed by atoms with E-state index < -0.39 is 5.66 Å². The van der Waals surface area contributed by atoms with Crippen molar-refractivity contribution in [1.82, 2.24) is 20.3 Å². The van der Waals surface area contributed by atoms with E-state index in [0.29, 0.717) is 23.6 Å². The summed E-state index contributed by atoms with van der Waals surface area (Å²) in [6.07, 6.45) is 3.38. The summed E-state index contributed by atoms with van der Waals surface area (Å²) in [5, 5.41) is 3.94. The number of H-pyrrole nitrogens is 1. The number of nitrogens with zero attached hydrogens (tertiary/aromatic N) is 3. The molecule has 7 heteroatoms. The average molecular weight is 413 g/mol. The van der Waals surface area contributed by atoms with Gasteiger partial charge in [0.05, 0.1) is 23.7 Å². The summed E-state index contributed by atoms with van der Waals surface area (Å²) in [7, 11) is 1.60. The Kier molecular flexibility index (Phi) is 4.39. The van der Waals surface area contributed by atoms with Gasteiger partial charge in [0.2, 0.25) is 5.88 Å². The third-order valence-electron chi connectivity index (χ3n) is 5.75. The lowest BCUT2D eigenvalue weighted by atomic mass is 9.96. The number of hydrogen-bond donors (Lipinski definition) is 2. The summed E-state index contributed by atoms with van der Waals surface area (Å²) in [6.45, 7) is 4.71. The van der Waals surface area contributed by atoms with Gasteiger partial charge in [-0.25, -0.2) is 9.97 Å². The Morgan fingerprint density at radius 3 is 2.65 bits per heavy atom. The molecule has 5 rings (SSSR count). The fraction of sp³-hybridized carbons (Fsp3) is 0.208. The van der Waals surface area contributed by atoms with E-state index in [1.807, 2.05) is 50.4 Å². The van der Waals surface area contributed by atoms with Crippen molar-refractivity contribution in [3.8, 4) is 17.0 Å². The minimum atomic E-state index is -0.542. The maximum atomic E-state index is 12.8. The van der Waals surface area contributed by atoms with Gasteiger partial charge in [-0.2, -0.15) is 0 Å². The third-order valence-corrected chi connectivity index (χ3v) is 5.75. The van der Waals surface area contributed by atoms with Crippen molar-refractivity contribution in [3.05, 3.63) is 72.2 Å². The van der Waals surface area contributed by atoms with Crippen molar-refractivity contribution in [2.45, 2.75) is 26.1 Å². The Bertz CT molecular complexity index is 1280. The first-order valence-electron chi connectivity index (χ1n) is 10.1. The molecule has 31 heavy (non-hydrogen) atoms. The molecule has 2 aromatic carbocycles. The molecule has 0 atom stereocenters. The summed E-state index contributed by atoms with van der Waals surface area (Å²) in [4.78, 5) is 26.8. The van der Waals surface area contributed by atoms with Crippen LogP contribution in [0.1, 0.15) is 29.8 Å². The Morgan fingerprint density at radius 2 is 1.87 bits per heavy atom. The molecule has 1 aliphatic heterocycles. The Labute approximate surface area is 180 Å². The molecule has 1 amide bonds. The van der Waals surface area contributed by atoms with E-state index in [1.54, 1.807) is 7.11 Å². The highest BCUT2D eigenvalue weighted by molar-refractivity contribution is 6.04. The van der Waals surface area contributed by atoms with Crippen molar-refractivity contribution < 1.29 is 9.53 Å². The second kappa shape index (κ2) is 7.12. The molecule has 0 unspecified atom stereocenters. The van der Waals surface area contributed by atoms with E-state index in [-0.39, 0.29) is 5.91 Å². The van der Waals surface area contributed by atoms with E-state index in [4.69, 9.17) is 4.74 Å². The zero-order chi connectivity index (χ0) is 21.6. The number of benzene rings is 2. The van der Waals surface area contributed by atoms with Crippen LogP contribution >= 0.6 is 0 Å². The number of carbonyl (C=O) groups is 1. The standard InChI is InChI=1S/C24H23N5O2/c1-24(2)28-22(30)17-10-9-16(11-19(17)29(24)13-15-7-5-4-6-8-15)18-12-25-21-20(18)23(31-3)27-14-26-21/h4-12,14H,13H2,1-3H3,(H,28,30)(H,25,26,27). The van der Waals surface area contributed by atoms with Gasteiger partial charge in [-0.1, -0.05) is 36.4 Å². The van der Waals surface area contributed by atoms with Gasteiger partial charge >= 0.3 is 0 Å². The van der Waals surface area contributed by atoms with Gasteiger partial charge in [0.15, 0.2) is 0 Å². The number of anilines is 1. The van der Waals surface area contributed by atoms with Crippen molar-refractivity contribution in [2.75, 3.05) is 12.0 Å². The molecule has 0 saturated heterocycles. The molecule has 7 nitrogen and oxygen atoms in total. The van der Waals surface area contributed by atoms with Crippen molar-refractivity contribution in [2.24, 2.45) is 0 Å². The molecule has 2 aromatic heterocycles. The number of aromatic nitrogens is 3. The van der Waals surface area contributed by atoms with Gasteiger partial charge in [-0.05, 0) is 37.1 Å². The molecule has 4 aromatic rings. The van der Waals surface area contributed by atoms with Crippen LogP contribution in [0.15, 0.2) is 61.1 Å². The lowest BCUT2D eigenvalue weighted by Gasteiger charge is -2.45.